The molecule has 10 aromatic carbocycles. The molecule has 0 saturated carbocycles. The number of aromatic carboxylic acids is 1. The van der Waals surface area contributed by atoms with E-state index in [9.17, 15) is 75.2 Å². The molecule has 30 heteroatoms. The zero-order chi connectivity index (χ0) is 97.0. The predicted molar refractivity (Wildman–Crippen MR) is 536 cm³/mol. The number of fused-ring (bicyclic) bond motifs is 2. The van der Waals surface area contributed by atoms with Crippen LogP contribution in [0.15, 0.2) is 291 Å². The number of ketones is 1. The van der Waals surface area contributed by atoms with Crippen molar-refractivity contribution in [3.05, 3.63) is 364 Å². The molecule has 736 valence electrons. The van der Waals surface area contributed by atoms with Crippen LogP contribution in [0.5, 0.6) is 0 Å². The minimum Gasteiger partial charge on any atom is -0.477 e. The van der Waals surface area contributed by atoms with E-state index in [-0.39, 0.29) is 92.5 Å². The van der Waals surface area contributed by atoms with E-state index in [1.807, 2.05) is 107 Å². The molecular weight excluding hydrogens is 2020 g/mol. The van der Waals surface area contributed by atoms with Crippen molar-refractivity contribution < 1.29 is 106 Å². The second-order valence-corrected chi connectivity index (χ2v) is 39.7. The molecule has 8 saturated heterocycles. The number of alkyl halides is 7. The van der Waals surface area contributed by atoms with Crippen molar-refractivity contribution in [2.24, 2.45) is 17.8 Å². The van der Waals surface area contributed by atoms with Gasteiger partial charge in [-0.05, 0) is 176 Å². The second kappa shape index (κ2) is 49.1. The van der Waals surface area contributed by atoms with Crippen LogP contribution in [0.3, 0.4) is 0 Å². The maximum atomic E-state index is 13.0. The number of nitrogens with zero attached hydrogens (tertiary/aromatic N) is 7. The number of thiophene rings is 2. The third-order valence-corrected chi connectivity index (χ3v) is 29.7. The van der Waals surface area contributed by atoms with E-state index in [1.165, 1.54) is 70.9 Å². The van der Waals surface area contributed by atoms with Crippen LogP contribution in [0.1, 0.15) is 165 Å². The minimum atomic E-state index is -4.43. The summed E-state index contributed by atoms with van der Waals surface area (Å²) in [5.74, 6) is -0.460. The number of carboxylic acid groups (broad SMARTS) is 1. The molecule has 8 aliphatic heterocycles. The van der Waals surface area contributed by atoms with Gasteiger partial charge in [0.05, 0.1) is 44.9 Å². The molecule has 20 nitrogen and oxygen atoms in total. The summed E-state index contributed by atoms with van der Waals surface area (Å²) in [6.07, 6.45) is -4.27. The fourth-order valence-electron chi connectivity index (χ4n) is 18.5. The molecular formula is C109H116F6IN8O12PdS2-. The Morgan fingerprint density at radius 3 is 0.950 bits per heavy atom. The van der Waals surface area contributed by atoms with Crippen molar-refractivity contribution in [2.45, 2.75) is 103 Å². The molecule has 0 spiro atoms. The van der Waals surface area contributed by atoms with Gasteiger partial charge in [-0.25, -0.2) is 4.79 Å². The van der Waals surface area contributed by atoms with Crippen LogP contribution in [0.4, 0.5) is 26.3 Å². The van der Waals surface area contributed by atoms with Gasteiger partial charge in [0.25, 0.3) is 29.5 Å². The number of aliphatic hydroxyl groups is 4. The van der Waals surface area contributed by atoms with E-state index in [0.717, 1.165) is 76.8 Å². The third-order valence-electron chi connectivity index (χ3n) is 26.7. The molecule has 20 rings (SSSR count). The summed E-state index contributed by atoms with van der Waals surface area (Å²) in [4.78, 5) is 98.5. The normalized spacial score (nSPS) is 17.5. The number of Topliss-reactive ketones (excluding diaryl/α,β-unsaturated/α-hetero) is 1. The SMILES string of the molecule is CCO.IC1CN(C(c2ccccc2)c2ccccc2)C1.O=C(O)c1cc2cc(C(F)(F)F)ccc2s1.O=C(c1ccccc1)N1CCC(O)(C2CN(C(=O)c3cc4cc(C(F)(F)F)ccc4s3)C2)CC1.O=C(c1ccccc1)N1CCC(O)(C2CN(C(c3ccccc3)c3ccccc3)C2)CC1.O=C(c1ccccc1)N1CCC(O)(C2CNC2)CC1.O=C1CCN(C(=O)c2ccccc2)CC1.[CH3-].[Pd]. The molecule has 0 atom stereocenters. The second-order valence-electron chi connectivity index (χ2n) is 35.7. The Morgan fingerprint density at radius 1 is 0.388 bits per heavy atom. The van der Waals surface area contributed by atoms with Crippen molar-refractivity contribution in [3.8, 4) is 0 Å². The van der Waals surface area contributed by atoms with Crippen molar-refractivity contribution >= 4 is 107 Å². The number of hydrogen-bond acceptors (Lipinski definition) is 16. The molecule has 10 heterocycles. The Kier molecular flexibility index (Phi) is 37.9. The zero-order valence-electron chi connectivity index (χ0n) is 77.4. The van der Waals surface area contributed by atoms with Crippen molar-refractivity contribution in [1.29, 1.82) is 0 Å². The van der Waals surface area contributed by atoms with Gasteiger partial charge >= 0.3 is 18.3 Å². The molecule has 2 aromatic heterocycles. The molecule has 0 unspecified atom stereocenters. The summed E-state index contributed by atoms with van der Waals surface area (Å²) in [7, 11) is 0. The number of piperidine rings is 4. The molecule has 12 aromatic rings. The number of carbonyl (C=O) groups is 7. The predicted octanol–water partition coefficient (Wildman–Crippen LogP) is 19.4. The smallest absolute Gasteiger partial charge is 0.416 e. The summed E-state index contributed by atoms with van der Waals surface area (Å²) < 4.78 is 78.0. The average Bonchev–Trinajstić information content (AvgIpc) is 1.64. The van der Waals surface area contributed by atoms with Crippen LogP contribution in [-0.4, -0.2) is 233 Å². The Labute approximate surface area is 842 Å². The summed E-state index contributed by atoms with van der Waals surface area (Å²) >= 11 is 4.67. The standard InChI is InChI=1S/C28H30N2O2.C25H23F3N2O3S.C16H16IN.C15H20N2O2.C12H13NO2.C10H5F3O2S.C2H6O.CH3.Pd/c31-27(24-14-8-3-9-15-24)29-18-16-28(32,17-19-29)25-20-30(21-25)26(22-10-4-1-5-11-22)23-12-6-2-7-13-23;26-25(27,28)18-6-7-20-17(12-18)13-21(34-20)23(32)30-14-19(15-30)24(33)8-10-29(11-9-24)22(31)16-4-2-1-3-5-16;17-15-11-18(12-15)16(13-7-3-1-4-8-13)14-9-5-2-6-10-14;18-14(12-4-2-1-3-5-12)17-8-6-15(19,7-9-17)13-10-16-11-13;14-11-6-8-13(9-7-11)12(15)10-4-2-1-3-5-10;11-10(12,13)6-1-2-7-5(3-6)4-8(16-7)9(14)15;1-2-3;;/h1-15,25-26,32H,16-21H2;1-7,12-13,19,33H,8-11,14-15H2;1-10,15-16H,11-12H2;1-5,13,16,19H,6-11H2;1-5H,6-9H2;1-4H,(H,14,15);3H,2H2,1H3;1H3;/q;;;;;;;-1;. The monoisotopic (exact) mass is 2140 g/mol. The molecule has 0 aliphatic carbocycles. The molecule has 6 N–H and O–H groups in total. The number of aliphatic hydroxyl groups excluding tert-OH is 1. The first-order valence-electron chi connectivity index (χ1n) is 46.3. The number of likely N-dealkylation sites (tertiary alicyclic amines) is 7. The van der Waals surface area contributed by atoms with Gasteiger partial charge in [-0.3, -0.25) is 38.6 Å². The molecule has 8 fully saturated rings. The summed E-state index contributed by atoms with van der Waals surface area (Å²) in [6.45, 7) is 13.2. The fourth-order valence-corrected chi connectivity index (χ4v) is 21.4. The largest absolute Gasteiger partial charge is 0.477 e. The Bertz CT molecular complexity index is 5900. The number of nitrogens with one attached hydrogen (secondary N) is 1. The molecule has 0 radical (unpaired) electrons. The Balaban J connectivity index is 0.000000152. The summed E-state index contributed by atoms with van der Waals surface area (Å²) in [6, 6.07) is 90.0. The van der Waals surface area contributed by atoms with E-state index in [1.54, 1.807) is 45.9 Å². The summed E-state index contributed by atoms with van der Waals surface area (Å²) in [5.41, 5.74) is 4.44. The van der Waals surface area contributed by atoms with E-state index >= 15 is 0 Å². The maximum absolute atomic E-state index is 13.0. The number of carbonyl (C=O) groups excluding carboxylic acids is 6. The first kappa shape index (κ1) is 107. The van der Waals surface area contributed by atoms with Crippen molar-refractivity contribution in [1.82, 2.24) is 39.6 Å². The van der Waals surface area contributed by atoms with Gasteiger partial charge in [-0.15, -0.1) is 22.7 Å². The number of rotatable bonds is 15. The number of benzene rings is 10. The van der Waals surface area contributed by atoms with E-state index < -0.39 is 46.3 Å². The van der Waals surface area contributed by atoms with Crippen LogP contribution in [0.2, 0.25) is 0 Å². The number of amides is 5. The minimum absolute atomic E-state index is 0. The first-order chi connectivity index (χ1) is 65.9. The topological polar surface area (TPSA) is 255 Å². The number of halogens is 7. The molecule has 5 amide bonds. The van der Waals surface area contributed by atoms with Gasteiger partial charge < -0.3 is 62.8 Å². The number of carboxylic acids is 1. The third kappa shape index (κ3) is 27.6. The molecule has 8 aliphatic rings. The van der Waals surface area contributed by atoms with Crippen LogP contribution in [-0.2, 0) is 37.6 Å². The summed E-state index contributed by atoms with van der Waals surface area (Å²) in [5, 5.41) is 53.4. The average molecular weight is 2140 g/mol. The first-order valence-corrected chi connectivity index (χ1v) is 49.2. The van der Waals surface area contributed by atoms with Gasteiger partial charge in [0, 0.05) is 198 Å². The van der Waals surface area contributed by atoms with E-state index in [0.29, 0.717) is 165 Å². The Morgan fingerprint density at radius 2 is 0.662 bits per heavy atom. The van der Waals surface area contributed by atoms with Gasteiger partial charge in [-0.1, -0.05) is 217 Å². The van der Waals surface area contributed by atoms with Crippen LogP contribution < -0.4 is 5.32 Å². The van der Waals surface area contributed by atoms with Gasteiger partial charge in [0.15, 0.2) is 0 Å². The van der Waals surface area contributed by atoms with Crippen LogP contribution in [0, 0.1) is 25.2 Å². The number of hydrogen-bond donors (Lipinski definition) is 6. The van der Waals surface area contributed by atoms with E-state index in [4.69, 9.17) is 10.2 Å². The fraction of sp³-hybridized carbons (Fsp3) is 0.339. The van der Waals surface area contributed by atoms with Crippen LogP contribution >= 0.6 is 45.3 Å². The quantitative estimate of drug-likeness (QED) is 0.0183. The van der Waals surface area contributed by atoms with Gasteiger partial charge in [0.1, 0.15) is 10.7 Å². The van der Waals surface area contributed by atoms with Crippen LogP contribution in [0.25, 0.3) is 20.2 Å². The zero-order valence-corrected chi connectivity index (χ0v) is 82.7. The van der Waals surface area contributed by atoms with E-state index in [2.05, 4.69) is 159 Å². The van der Waals surface area contributed by atoms with Gasteiger partial charge in [-0.2, -0.15) is 26.3 Å². The Hall–Kier alpha value is -10.7. The van der Waals surface area contributed by atoms with Gasteiger partial charge in [0.2, 0.25) is 0 Å². The molecule has 0 bridgehead atoms. The maximum Gasteiger partial charge on any atom is 0.416 e. The van der Waals surface area contributed by atoms with Crippen molar-refractivity contribution in [3.63, 3.8) is 0 Å². The molecule has 139 heavy (non-hydrogen) atoms. The van der Waals surface area contributed by atoms with Crippen molar-refractivity contribution in [2.75, 3.05) is 111 Å².